The van der Waals surface area contributed by atoms with E-state index in [1.807, 2.05) is 0 Å². The van der Waals surface area contributed by atoms with Crippen LogP contribution >= 0.6 is 0 Å². The highest BCUT2D eigenvalue weighted by Crippen LogP contribution is 2.02. The second kappa shape index (κ2) is 10.9. The molecule has 0 fully saturated rings. The number of carbonyl (C=O) groups excluding carboxylic acids is 2. The van der Waals surface area contributed by atoms with Gasteiger partial charge in [-0.15, -0.1) is 0 Å². The molecule has 0 saturated heterocycles. The van der Waals surface area contributed by atoms with Crippen LogP contribution in [0.2, 0.25) is 0 Å². The SMILES string of the molecule is CCCCN(CCCC(C)=O)CC(O)COC(C)=O. The molecule has 1 N–H and O–H groups in total. The number of unbranched alkanes of at least 4 members (excludes halogenated alkanes) is 1. The molecule has 0 heterocycles. The predicted molar refractivity (Wildman–Crippen MR) is 73.9 cm³/mol. The van der Waals surface area contributed by atoms with Crippen molar-refractivity contribution in [2.75, 3.05) is 26.2 Å². The third-order valence-corrected chi connectivity index (χ3v) is 2.78. The van der Waals surface area contributed by atoms with Gasteiger partial charge in [0.2, 0.25) is 0 Å². The summed E-state index contributed by atoms with van der Waals surface area (Å²) >= 11 is 0. The minimum Gasteiger partial charge on any atom is -0.463 e. The molecule has 0 aliphatic rings. The molecule has 112 valence electrons. The zero-order chi connectivity index (χ0) is 14.7. The highest BCUT2D eigenvalue weighted by atomic mass is 16.5. The molecule has 0 amide bonds. The number of aliphatic hydroxyl groups is 1. The minimum absolute atomic E-state index is 0.0324. The molecular formula is C14H27NO4. The van der Waals surface area contributed by atoms with Crippen LogP contribution in [-0.2, 0) is 14.3 Å². The zero-order valence-corrected chi connectivity index (χ0v) is 12.4. The molecule has 5 nitrogen and oxygen atoms in total. The van der Waals surface area contributed by atoms with Crippen LogP contribution in [0.25, 0.3) is 0 Å². The average molecular weight is 273 g/mol. The number of hydrogen-bond acceptors (Lipinski definition) is 5. The number of Topliss-reactive ketones (excluding diaryl/α,β-unsaturated/α-hetero) is 1. The van der Waals surface area contributed by atoms with Crippen LogP contribution in [0.3, 0.4) is 0 Å². The maximum Gasteiger partial charge on any atom is 0.302 e. The summed E-state index contributed by atoms with van der Waals surface area (Å²) in [6.07, 6.45) is 2.85. The first-order chi connectivity index (χ1) is 8.95. The summed E-state index contributed by atoms with van der Waals surface area (Å²) in [5.74, 6) is -0.188. The Balaban J connectivity index is 4.01. The number of hydrogen-bond donors (Lipinski definition) is 1. The van der Waals surface area contributed by atoms with Gasteiger partial charge < -0.3 is 19.5 Å². The first-order valence-corrected chi connectivity index (χ1v) is 6.99. The molecular weight excluding hydrogens is 246 g/mol. The summed E-state index contributed by atoms with van der Waals surface area (Å²) in [5.41, 5.74) is 0. The van der Waals surface area contributed by atoms with Gasteiger partial charge in [-0.05, 0) is 32.9 Å². The Morgan fingerprint density at radius 1 is 1.21 bits per heavy atom. The van der Waals surface area contributed by atoms with Gasteiger partial charge in [0, 0.05) is 19.9 Å². The molecule has 0 aromatic heterocycles. The summed E-state index contributed by atoms with van der Waals surface area (Å²) in [5, 5.41) is 9.79. The molecule has 0 bridgehead atoms. The zero-order valence-electron chi connectivity index (χ0n) is 12.4. The molecule has 19 heavy (non-hydrogen) atoms. The van der Waals surface area contributed by atoms with Gasteiger partial charge in [-0.2, -0.15) is 0 Å². The van der Waals surface area contributed by atoms with Gasteiger partial charge in [0.15, 0.2) is 0 Å². The van der Waals surface area contributed by atoms with E-state index in [1.54, 1.807) is 6.92 Å². The topological polar surface area (TPSA) is 66.8 Å². The van der Waals surface area contributed by atoms with Crippen molar-refractivity contribution in [3.63, 3.8) is 0 Å². The highest BCUT2D eigenvalue weighted by Gasteiger charge is 2.12. The fourth-order valence-electron chi connectivity index (χ4n) is 1.79. The average Bonchev–Trinajstić information content (AvgIpc) is 2.32. The van der Waals surface area contributed by atoms with Crippen molar-refractivity contribution in [3.8, 4) is 0 Å². The van der Waals surface area contributed by atoms with E-state index in [4.69, 9.17) is 4.74 Å². The smallest absolute Gasteiger partial charge is 0.302 e. The Bertz CT molecular complexity index is 268. The van der Waals surface area contributed by atoms with Gasteiger partial charge >= 0.3 is 5.97 Å². The first-order valence-electron chi connectivity index (χ1n) is 6.99. The monoisotopic (exact) mass is 273 g/mol. The molecule has 0 aromatic rings. The van der Waals surface area contributed by atoms with Gasteiger partial charge in [-0.25, -0.2) is 0 Å². The Morgan fingerprint density at radius 3 is 2.37 bits per heavy atom. The normalized spacial score (nSPS) is 12.5. The lowest BCUT2D eigenvalue weighted by Gasteiger charge is -2.24. The first kappa shape index (κ1) is 18.1. The van der Waals surface area contributed by atoms with Gasteiger partial charge in [-0.1, -0.05) is 13.3 Å². The number of nitrogens with zero attached hydrogens (tertiary/aromatic N) is 1. The van der Waals surface area contributed by atoms with E-state index in [1.165, 1.54) is 6.92 Å². The Labute approximate surface area is 115 Å². The molecule has 0 rings (SSSR count). The second-order valence-electron chi connectivity index (χ2n) is 4.92. The number of carbonyl (C=O) groups is 2. The summed E-state index contributed by atoms with van der Waals surface area (Å²) in [4.78, 5) is 23.7. The summed E-state index contributed by atoms with van der Waals surface area (Å²) < 4.78 is 4.78. The van der Waals surface area contributed by atoms with E-state index in [2.05, 4.69) is 11.8 Å². The maximum absolute atomic E-state index is 10.9. The molecule has 1 unspecified atom stereocenters. The quantitative estimate of drug-likeness (QED) is 0.576. The van der Waals surface area contributed by atoms with Gasteiger partial charge in [0.05, 0.1) is 0 Å². The van der Waals surface area contributed by atoms with Gasteiger partial charge in [0.1, 0.15) is 18.5 Å². The standard InChI is InChI=1S/C14H27NO4/c1-4-5-8-15(9-6-7-12(2)16)10-14(18)11-19-13(3)17/h14,18H,4-11H2,1-3H3. The van der Waals surface area contributed by atoms with Crippen LogP contribution < -0.4 is 0 Å². The van der Waals surface area contributed by atoms with Crippen LogP contribution in [0, 0.1) is 0 Å². The molecule has 0 aliphatic carbocycles. The van der Waals surface area contributed by atoms with Gasteiger partial charge in [0.25, 0.3) is 0 Å². The van der Waals surface area contributed by atoms with E-state index < -0.39 is 6.10 Å². The molecule has 0 radical (unpaired) electrons. The van der Waals surface area contributed by atoms with Crippen LogP contribution in [-0.4, -0.2) is 54.1 Å². The number of ether oxygens (including phenoxy) is 1. The van der Waals surface area contributed by atoms with Crippen LogP contribution in [0.1, 0.15) is 46.5 Å². The van der Waals surface area contributed by atoms with Crippen molar-refractivity contribution in [2.45, 2.75) is 52.6 Å². The van der Waals surface area contributed by atoms with Crippen molar-refractivity contribution in [2.24, 2.45) is 0 Å². The predicted octanol–water partition coefficient (Wildman–Crippen LogP) is 1.38. The van der Waals surface area contributed by atoms with Crippen molar-refractivity contribution < 1.29 is 19.4 Å². The second-order valence-corrected chi connectivity index (χ2v) is 4.92. The van der Waals surface area contributed by atoms with Crippen LogP contribution in [0.5, 0.6) is 0 Å². The Hall–Kier alpha value is -0.940. The number of aliphatic hydroxyl groups excluding tert-OH is 1. The molecule has 0 saturated carbocycles. The lowest BCUT2D eigenvalue weighted by molar-refractivity contribution is -0.144. The Morgan fingerprint density at radius 2 is 1.84 bits per heavy atom. The minimum atomic E-state index is -0.668. The highest BCUT2D eigenvalue weighted by molar-refractivity contribution is 5.75. The molecule has 0 aliphatic heterocycles. The Kier molecular flexibility index (Phi) is 10.4. The van der Waals surface area contributed by atoms with Crippen molar-refractivity contribution in [1.29, 1.82) is 0 Å². The summed E-state index contributed by atoms with van der Waals surface area (Å²) in [6, 6.07) is 0. The molecule has 0 spiro atoms. The number of rotatable bonds is 11. The van der Waals surface area contributed by atoms with Crippen molar-refractivity contribution in [1.82, 2.24) is 4.90 Å². The fraction of sp³-hybridized carbons (Fsp3) is 0.857. The summed E-state index contributed by atoms with van der Waals surface area (Å²) in [7, 11) is 0. The lowest BCUT2D eigenvalue weighted by atomic mass is 10.2. The molecule has 0 aromatic carbocycles. The van der Waals surface area contributed by atoms with Crippen molar-refractivity contribution >= 4 is 11.8 Å². The summed E-state index contributed by atoms with van der Waals surface area (Å²) in [6.45, 7) is 7.22. The third kappa shape index (κ3) is 11.9. The van der Waals surface area contributed by atoms with Crippen LogP contribution in [0.15, 0.2) is 0 Å². The van der Waals surface area contributed by atoms with Crippen molar-refractivity contribution in [3.05, 3.63) is 0 Å². The fourth-order valence-corrected chi connectivity index (χ4v) is 1.79. The van der Waals surface area contributed by atoms with E-state index in [9.17, 15) is 14.7 Å². The molecule has 5 heteroatoms. The maximum atomic E-state index is 10.9. The van der Waals surface area contributed by atoms with E-state index in [-0.39, 0.29) is 18.4 Å². The molecule has 1 atom stereocenters. The lowest BCUT2D eigenvalue weighted by Crippen LogP contribution is -2.36. The third-order valence-electron chi connectivity index (χ3n) is 2.78. The van der Waals surface area contributed by atoms with E-state index >= 15 is 0 Å². The van der Waals surface area contributed by atoms with E-state index in [0.29, 0.717) is 13.0 Å². The largest absolute Gasteiger partial charge is 0.463 e. The number of ketones is 1. The van der Waals surface area contributed by atoms with E-state index in [0.717, 1.165) is 32.4 Å². The van der Waals surface area contributed by atoms with Crippen LogP contribution in [0.4, 0.5) is 0 Å². The van der Waals surface area contributed by atoms with Gasteiger partial charge in [-0.3, -0.25) is 4.79 Å². The number of esters is 1.